The molecule has 1 aromatic carbocycles. The molecule has 3 rings (SSSR count). The summed E-state index contributed by atoms with van der Waals surface area (Å²) in [6.45, 7) is 0.943. The number of hydrogen-bond acceptors (Lipinski definition) is 5. The van der Waals surface area contributed by atoms with Gasteiger partial charge in [0, 0.05) is 18.4 Å². The number of fused-ring (bicyclic) bond motifs is 1. The zero-order chi connectivity index (χ0) is 14.8. The summed E-state index contributed by atoms with van der Waals surface area (Å²) in [5.74, 6) is 0.572. The first-order chi connectivity index (χ1) is 10.1. The van der Waals surface area contributed by atoms with Gasteiger partial charge in [0.1, 0.15) is 5.69 Å². The maximum atomic E-state index is 12.0. The normalized spacial score (nSPS) is 17.5. The second-order valence-electron chi connectivity index (χ2n) is 5.24. The molecule has 1 aliphatic heterocycles. The van der Waals surface area contributed by atoms with E-state index >= 15 is 0 Å². The molecule has 1 amide bonds. The molecule has 0 radical (unpaired) electrons. The number of benzene rings is 1. The number of nitrogens with zero attached hydrogens (tertiary/aromatic N) is 1. The van der Waals surface area contributed by atoms with Crippen LogP contribution in [0.1, 0.15) is 25.7 Å². The molecule has 2 aliphatic rings. The number of hydrogen-bond donors (Lipinski definition) is 1. The fraction of sp³-hybridized carbons (Fsp3) is 0.500. The van der Waals surface area contributed by atoms with E-state index in [1.807, 2.05) is 0 Å². The number of nitrogens with one attached hydrogen (secondary N) is 1. The molecule has 112 valence electrons. The van der Waals surface area contributed by atoms with E-state index < -0.39 is 4.92 Å². The Labute approximate surface area is 121 Å². The number of ether oxygens (including phenoxy) is 2. The van der Waals surface area contributed by atoms with Crippen molar-refractivity contribution in [1.82, 2.24) is 0 Å². The molecule has 1 N–H and O–H groups in total. The van der Waals surface area contributed by atoms with Crippen LogP contribution in [-0.2, 0) is 4.79 Å². The summed E-state index contributed by atoms with van der Waals surface area (Å²) < 4.78 is 10.9. The smallest absolute Gasteiger partial charge is 0.296 e. The minimum absolute atomic E-state index is 0.0411. The molecule has 21 heavy (non-hydrogen) atoms. The van der Waals surface area contributed by atoms with Crippen LogP contribution in [0.2, 0.25) is 0 Å². The number of anilines is 1. The quantitative estimate of drug-likeness (QED) is 0.682. The van der Waals surface area contributed by atoms with Crippen LogP contribution in [0.5, 0.6) is 11.5 Å². The van der Waals surface area contributed by atoms with Crippen molar-refractivity contribution in [2.75, 3.05) is 18.5 Å². The first-order valence-corrected chi connectivity index (χ1v) is 7.04. The molecule has 0 aromatic heterocycles. The van der Waals surface area contributed by atoms with Crippen LogP contribution < -0.4 is 14.8 Å². The van der Waals surface area contributed by atoms with Crippen molar-refractivity contribution in [3.63, 3.8) is 0 Å². The molecule has 0 unspecified atom stereocenters. The van der Waals surface area contributed by atoms with Crippen LogP contribution in [0, 0.1) is 16.0 Å². The fourth-order valence-corrected chi connectivity index (χ4v) is 2.35. The van der Waals surface area contributed by atoms with Crippen LogP contribution in [0.3, 0.4) is 0 Å². The highest BCUT2D eigenvalue weighted by molar-refractivity contribution is 5.95. The molecular formula is C14H16N2O5. The van der Waals surface area contributed by atoms with Crippen LogP contribution >= 0.6 is 0 Å². The first-order valence-electron chi connectivity index (χ1n) is 7.04. The number of nitro benzene ring substituents is 1. The van der Waals surface area contributed by atoms with Crippen molar-refractivity contribution in [3.05, 3.63) is 22.2 Å². The fourth-order valence-electron chi connectivity index (χ4n) is 2.35. The molecule has 0 spiro atoms. The van der Waals surface area contributed by atoms with Crippen molar-refractivity contribution in [2.24, 2.45) is 5.92 Å². The maximum absolute atomic E-state index is 12.0. The standard InChI is InChI=1S/C14H16N2O5/c17-14(9-3-1-4-9)15-10-7-12-13(8-11(10)16(18)19)21-6-2-5-20-12/h7-9H,1-6H2,(H,15,17). The van der Waals surface area contributed by atoms with Gasteiger partial charge in [0.25, 0.3) is 5.69 Å². The Morgan fingerprint density at radius 2 is 1.86 bits per heavy atom. The van der Waals surface area contributed by atoms with E-state index in [2.05, 4.69) is 5.32 Å². The third-order valence-corrected chi connectivity index (χ3v) is 3.80. The summed E-state index contributed by atoms with van der Waals surface area (Å²) in [7, 11) is 0. The van der Waals surface area contributed by atoms with Crippen LogP contribution in [-0.4, -0.2) is 24.0 Å². The third-order valence-electron chi connectivity index (χ3n) is 3.80. The van der Waals surface area contributed by atoms with E-state index in [9.17, 15) is 14.9 Å². The Balaban J connectivity index is 1.91. The van der Waals surface area contributed by atoms with Crippen molar-refractivity contribution in [2.45, 2.75) is 25.7 Å². The van der Waals surface area contributed by atoms with E-state index in [1.165, 1.54) is 12.1 Å². The van der Waals surface area contributed by atoms with Gasteiger partial charge in [0.2, 0.25) is 5.91 Å². The summed E-state index contributed by atoms with van der Waals surface area (Å²) in [6.07, 6.45) is 3.42. The first kappa shape index (κ1) is 13.7. The molecule has 0 bridgehead atoms. The average molecular weight is 292 g/mol. The number of rotatable bonds is 3. The van der Waals surface area contributed by atoms with Crippen molar-refractivity contribution in [3.8, 4) is 11.5 Å². The predicted octanol–water partition coefficient (Wildman–Crippen LogP) is 2.49. The van der Waals surface area contributed by atoms with E-state index in [-0.39, 0.29) is 23.2 Å². The largest absolute Gasteiger partial charge is 0.489 e. The number of carbonyl (C=O) groups is 1. The Kier molecular flexibility index (Phi) is 3.64. The summed E-state index contributed by atoms with van der Waals surface area (Å²) >= 11 is 0. The highest BCUT2D eigenvalue weighted by atomic mass is 16.6. The highest BCUT2D eigenvalue weighted by Crippen LogP contribution is 2.39. The maximum Gasteiger partial charge on any atom is 0.296 e. The Bertz CT molecular complexity index is 583. The lowest BCUT2D eigenvalue weighted by molar-refractivity contribution is -0.384. The lowest BCUT2D eigenvalue weighted by atomic mass is 9.85. The second kappa shape index (κ2) is 5.59. The monoisotopic (exact) mass is 292 g/mol. The SMILES string of the molecule is O=C(Nc1cc2c(cc1[N+](=O)[O-])OCCCO2)C1CCC1. The van der Waals surface area contributed by atoms with E-state index in [1.54, 1.807) is 0 Å². The van der Waals surface area contributed by atoms with Crippen molar-refractivity contribution < 1.29 is 19.2 Å². The minimum Gasteiger partial charge on any atom is -0.489 e. The predicted molar refractivity (Wildman–Crippen MR) is 74.7 cm³/mol. The molecule has 7 heteroatoms. The van der Waals surface area contributed by atoms with Crippen molar-refractivity contribution in [1.29, 1.82) is 0 Å². The zero-order valence-corrected chi connectivity index (χ0v) is 11.5. The zero-order valence-electron chi connectivity index (χ0n) is 11.5. The van der Waals surface area contributed by atoms with Crippen molar-refractivity contribution >= 4 is 17.3 Å². The summed E-state index contributed by atoms with van der Waals surface area (Å²) in [5.41, 5.74) is -0.00641. The van der Waals surface area contributed by atoms with Gasteiger partial charge >= 0.3 is 0 Å². The molecule has 1 fully saturated rings. The molecule has 1 aromatic rings. The molecule has 1 aliphatic carbocycles. The van der Waals surface area contributed by atoms with Crippen LogP contribution in [0.15, 0.2) is 12.1 Å². The number of carbonyl (C=O) groups excluding carboxylic acids is 1. The van der Waals surface area contributed by atoms with Gasteiger partial charge in [-0.15, -0.1) is 0 Å². The van der Waals surface area contributed by atoms with Gasteiger partial charge in [0.15, 0.2) is 11.5 Å². The number of amides is 1. The summed E-state index contributed by atoms with van der Waals surface area (Å²) in [5, 5.41) is 13.8. The third kappa shape index (κ3) is 2.76. The van der Waals surface area contributed by atoms with Gasteiger partial charge in [-0.3, -0.25) is 14.9 Å². The Hall–Kier alpha value is -2.31. The van der Waals surface area contributed by atoms with Gasteiger partial charge in [-0.05, 0) is 12.8 Å². The molecule has 0 atom stereocenters. The Morgan fingerprint density at radius 1 is 1.19 bits per heavy atom. The highest BCUT2D eigenvalue weighted by Gasteiger charge is 2.28. The van der Waals surface area contributed by atoms with Crippen LogP contribution in [0.25, 0.3) is 0 Å². The summed E-state index contributed by atoms with van der Waals surface area (Å²) in [6, 6.07) is 2.80. The van der Waals surface area contributed by atoms with E-state index in [0.717, 1.165) is 19.3 Å². The molecule has 1 heterocycles. The molecular weight excluding hydrogens is 276 g/mol. The van der Waals surface area contributed by atoms with Gasteiger partial charge in [-0.1, -0.05) is 6.42 Å². The summed E-state index contributed by atoms with van der Waals surface area (Å²) in [4.78, 5) is 22.7. The van der Waals surface area contributed by atoms with Gasteiger partial charge in [0.05, 0.1) is 24.2 Å². The van der Waals surface area contributed by atoms with E-state index in [4.69, 9.17) is 9.47 Å². The Morgan fingerprint density at radius 3 is 2.43 bits per heavy atom. The lowest BCUT2D eigenvalue weighted by Crippen LogP contribution is -2.28. The van der Waals surface area contributed by atoms with Crippen LogP contribution in [0.4, 0.5) is 11.4 Å². The van der Waals surface area contributed by atoms with Gasteiger partial charge in [-0.2, -0.15) is 0 Å². The average Bonchev–Trinajstić information content (AvgIpc) is 2.59. The molecule has 7 nitrogen and oxygen atoms in total. The van der Waals surface area contributed by atoms with E-state index in [0.29, 0.717) is 31.1 Å². The molecule has 1 saturated carbocycles. The second-order valence-corrected chi connectivity index (χ2v) is 5.24. The minimum atomic E-state index is -0.523. The lowest BCUT2D eigenvalue weighted by Gasteiger charge is -2.24. The van der Waals surface area contributed by atoms with Gasteiger partial charge in [-0.25, -0.2) is 0 Å². The molecule has 0 saturated heterocycles. The van der Waals surface area contributed by atoms with Gasteiger partial charge < -0.3 is 14.8 Å². The topological polar surface area (TPSA) is 90.7 Å². The number of nitro groups is 1.